The molecule has 1 aromatic heterocycles. The summed E-state index contributed by atoms with van der Waals surface area (Å²) in [7, 11) is 0. The highest BCUT2D eigenvalue weighted by Crippen LogP contribution is 2.24. The summed E-state index contributed by atoms with van der Waals surface area (Å²) in [6.45, 7) is 12.7. The zero-order chi connectivity index (χ0) is 14.9. The van der Waals surface area contributed by atoms with Crippen LogP contribution in [0.25, 0.3) is 0 Å². The first-order chi connectivity index (χ1) is 9.27. The van der Waals surface area contributed by atoms with Crippen molar-refractivity contribution in [1.82, 2.24) is 10.1 Å². The summed E-state index contributed by atoms with van der Waals surface area (Å²) in [6.07, 6.45) is 0. The Hall–Kier alpha value is -1.84. The normalized spacial score (nSPS) is 11.7. The Kier molecular flexibility index (Phi) is 3.84. The van der Waals surface area contributed by atoms with E-state index in [1.54, 1.807) is 0 Å². The molecule has 2 aromatic rings. The SMILES string of the molecule is Cc1cc(C)c(C)c(OCc2nc(C(C)(C)C)no2)c1. The molecule has 0 amide bonds. The van der Waals surface area contributed by atoms with Crippen molar-refractivity contribution >= 4 is 0 Å². The molecular weight excluding hydrogens is 252 g/mol. The number of aryl methyl sites for hydroxylation is 2. The molecule has 4 nitrogen and oxygen atoms in total. The number of rotatable bonds is 3. The van der Waals surface area contributed by atoms with Crippen molar-refractivity contribution in [1.29, 1.82) is 0 Å². The number of aromatic nitrogens is 2. The van der Waals surface area contributed by atoms with Crippen LogP contribution in [0, 0.1) is 20.8 Å². The summed E-state index contributed by atoms with van der Waals surface area (Å²) < 4.78 is 11.0. The van der Waals surface area contributed by atoms with E-state index < -0.39 is 0 Å². The molecule has 0 radical (unpaired) electrons. The number of hydrogen-bond donors (Lipinski definition) is 0. The second kappa shape index (κ2) is 5.27. The Morgan fingerprint density at radius 2 is 1.85 bits per heavy atom. The minimum absolute atomic E-state index is 0.114. The maximum absolute atomic E-state index is 5.81. The van der Waals surface area contributed by atoms with Crippen LogP contribution in [0.15, 0.2) is 16.7 Å². The van der Waals surface area contributed by atoms with E-state index in [4.69, 9.17) is 9.26 Å². The largest absolute Gasteiger partial charge is 0.483 e. The molecule has 2 rings (SSSR count). The first kappa shape index (κ1) is 14.6. The summed E-state index contributed by atoms with van der Waals surface area (Å²) in [4.78, 5) is 4.37. The van der Waals surface area contributed by atoms with Crippen LogP contribution in [-0.4, -0.2) is 10.1 Å². The molecule has 20 heavy (non-hydrogen) atoms. The summed E-state index contributed by atoms with van der Waals surface area (Å²) >= 11 is 0. The van der Waals surface area contributed by atoms with E-state index in [0.29, 0.717) is 18.3 Å². The van der Waals surface area contributed by atoms with Crippen molar-refractivity contribution in [2.75, 3.05) is 0 Å². The Morgan fingerprint density at radius 3 is 2.45 bits per heavy atom. The highest BCUT2D eigenvalue weighted by molar-refractivity contribution is 5.41. The predicted octanol–water partition coefficient (Wildman–Crippen LogP) is 3.87. The third-order valence-electron chi connectivity index (χ3n) is 3.25. The summed E-state index contributed by atoms with van der Waals surface area (Å²) in [5.74, 6) is 2.08. The zero-order valence-corrected chi connectivity index (χ0v) is 13.1. The molecule has 1 heterocycles. The first-order valence-corrected chi connectivity index (χ1v) is 6.81. The highest BCUT2D eigenvalue weighted by Gasteiger charge is 2.21. The molecule has 0 unspecified atom stereocenters. The van der Waals surface area contributed by atoms with Gasteiger partial charge in [0.2, 0.25) is 0 Å². The van der Waals surface area contributed by atoms with Crippen molar-refractivity contribution < 1.29 is 9.26 Å². The Morgan fingerprint density at radius 1 is 1.15 bits per heavy atom. The molecule has 108 valence electrons. The molecule has 0 atom stereocenters. The molecule has 0 aliphatic carbocycles. The Labute approximate surface area is 120 Å². The fourth-order valence-corrected chi connectivity index (χ4v) is 1.91. The van der Waals surface area contributed by atoms with Crippen LogP contribution in [0.2, 0.25) is 0 Å². The van der Waals surface area contributed by atoms with E-state index in [1.807, 2.05) is 6.07 Å². The Balaban J connectivity index is 2.11. The monoisotopic (exact) mass is 274 g/mol. The van der Waals surface area contributed by atoms with Crippen LogP contribution in [0.1, 0.15) is 49.2 Å². The van der Waals surface area contributed by atoms with Gasteiger partial charge in [0.05, 0.1) is 0 Å². The van der Waals surface area contributed by atoms with Gasteiger partial charge in [-0.25, -0.2) is 0 Å². The average Bonchev–Trinajstić information content (AvgIpc) is 2.80. The predicted molar refractivity (Wildman–Crippen MR) is 78.0 cm³/mol. The lowest BCUT2D eigenvalue weighted by atomic mass is 9.96. The van der Waals surface area contributed by atoms with Gasteiger partial charge < -0.3 is 9.26 Å². The van der Waals surface area contributed by atoms with Gasteiger partial charge in [0.25, 0.3) is 5.89 Å². The third kappa shape index (κ3) is 3.18. The molecule has 0 aliphatic heterocycles. The summed E-state index contributed by atoms with van der Waals surface area (Å²) in [5.41, 5.74) is 3.44. The second-order valence-electron chi connectivity index (χ2n) is 6.26. The van der Waals surface area contributed by atoms with Crippen LogP contribution in [-0.2, 0) is 12.0 Å². The van der Waals surface area contributed by atoms with Gasteiger partial charge in [-0.15, -0.1) is 0 Å². The van der Waals surface area contributed by atoms with E-state index >= 15 is 0 Å². The molecule has 4 heteroatoms. The number of ether oxygens (including phenoxy) is 1. The average molecular weight is 274 g/mol. The molecule has 0 aliphatic rings. The van der Waals surface area contributed by atoms with E-state index in [-0.39, 0.29) is 5.41 Å². The molecule has 0 saturated heterocycles. The molecule has 0 N–H and O–H groups in total. The van der Waals surface area contributed by atoms with Gasteiger partial charge in [0, 0.05) is 5.41 Å². The maximum Gasteiger partial charge on any atom is 0.264 e. The lowest BCUT2D eigenvalue weighted by Gasteiger charge is -2.11. The van der Waals surface area contributed by atoms with Gasteiger partial charge >= 0.3 is 0 Å². The van der Waals surface area contributed by atoms with Crippen LogP contribution in [0.4, 0.5) is 0 Å². The lowest BCUT2D eigenvalue weighted by Crippen LogP contribution is -2.13. The zero-order valence-electron chi connectivity index (χ0n) is 13.1. The van der Waals surface area contributed by atoms with E-state index in [9.17, 15) is 0 Å². The van der Waals surface area contributed by atoms with Gasteiger partial charge in [-0.05, 0) is 43.5 Å². The lowest BCUT2D eigenvalue weighted by molar-refractivity contribution is 0.240. The smallest absolute Gasteiger partial charge is 0.264 e. The fourth-order valence-electron chi connectivity index (χ4n) is 1.91. The van der Waals surface area contributed by atoms with E-state index in [2.05, 4.69) is 57.7 Å². The van der Waals surface area contributed by atoms with Crippen molar-refractivity contribution in [2.24, 2.45) is 0 Å². The Bertz CT molecular complexity index is 609. The van der Waals surface area contributed by atoms with E-state index in [1.165, 1.54) is 11.1 Å². The summed E-state index contributed by atoms with van der Waals surface area (Å²) in [5, 5.41) is 3.99. The summed E-state index contributed by atoms with van der Waals surface area (Å²) in [6, 6.07) is 4.18. The van der Waals surface area contributed by atoms with Crippen LogP contribution < -0.4 is 4.74 Å². The van der Waals surface area contributed by atoms with Crippen molar-refractivity contribution in [3.05, 3.63) is 40.5 Å². The molecule has 0 bridgehead atoms. The minimum atomic E-state index is -0.114. The second-order valence-corrected chi connectivity index (χ2v) is 6.26. The number of hydrogen-bond acceptors (Lipinski definition) is 4. The third-order valence-corrected chi connectivity index (χ3v) is 3.25. The highest BCUT2D eigenvalue weighted by atomic mass is 16.5. The van der Waals surface area contributed by atoms with Crippen LogP contribution in [0.3, 0.4) is 0 Å². The minimum Gasteiger partial charge on any atom is -0.483 e. The van der Waals surface area contributed by atoms with Gasteiger partial charge in [-0.2, -0.15) is 4.98 Å². The molecule has 0 fully saturated rings. The van der Waals surface area contributed by atoms with Crippen molar-refractivity contribution in [3.8, 4) is 5.75 Å². The molecular formula is C16H22N2O2. The van der Waals surface area contributed by atoms with Gasteiger partial charge in [-0.1, -0.05) is 32.0 Å². The fraction of sp³-hybridized carbons (Fsp3) is 0.500. The van der Waals surface area contributed by atoms with E-state index in [0.717, 1.165) is 11.3 Å². The van der Waals surface area contributed by atoms with Crippen molar-refractivity contribution in [2.45, 2.75) is 53.6 Å². The standard InChI is InChI=1S/C16H22N2O2/c1-10-7-11(2)12(3)13(8-10)19-9-14-17-15(18-20-14)16(4,5)6/h7-8H,9H2,1-6H3. The number of benzene rings is 1. The van der Waals surface area contributed by atoms with Crippen LogP contribution >= 0.6 is 0 Å². The van der Waals surface area contributed by atoms with Gasteiger partial charge in [-0.3, -0.25) is 0 Å². The molecule has 1 aromatic carbocycles. The number of nitrogens with zero attached hydrogens (tertiary/aromatic N) is 2. The van der Waals surface area contributed by atoms with Crippen LogP contribution in [0.5, 0.6) is 5.75 Å². The molecule has 0 spiro atoms. The first-order valence-electron chi connectivity index (χ1n) is 6.81. The topological polar surface area (TPSA) is 48.2 Å². The molecule has 0 saturated carbocycles. The maximum atomic E-state index is 5.81. The quantitative estimate of drug-likeness (QED) is 0.852. The van der Waals surface area contributed by atoms with Gasteiger partial charge in [0.1, 0.15) is 5.75 Å². The van der Waals surface area contributed by atoms with Crippen molar-refractivity contribution in [3.63, 3.8) is 0 Å². The van der Waals surface area contributed by atoms with Gasteiger partial charge in [0.15, 0.2) is 12.4 Å².